The number of nitriles is 1. The topological polar surface area (TPSA) is 62.1 Å². The van der Waals surface area contributed by atoms with Gasteiger partial charge in [-0.2, -0.15) is 5.26 Å². The standard InChI is InChI=1S/C16H22N2O2/c1-13(9-17)10-18-15(19)16(2,3)12-20-11-14-7-5-4-6-8-14/h4-8,13H,10-12H2,1-3H3,(H,18,19)/t13-/m0/s1. The molecule has 1 N–H and O–H groups in total. The molecule has 1 rings (SSSR count). The van der Waals surface area contributed by atoms with Gasteiger partial charge in [-0.25, -0.2) is 0 Å². The summed E-state index contributed by atoms with van der Waals surface area (Å²) in [5.41, 5.74) is 0.478. The predicted molar refractivity (Wildman–Crippen MR) is 77.7 cm³/mol. The average molecular weight is 274 g/mol. The van der Waals surface area contributed by atoms with Crippen LogP contribution in [0.15, 0.2) is 30.3 Å². The fourth-order valence-electron chi connectivity index (χ4n) is 1.59. The van der Waals surface area contributed by atoms with Gasteiger partial charge in [0, 0.05) is 6.54 Å². The van der Waals surface area contributed by atoms with Gasteiger partial charge in [-0.3, -0.25) is 4.79 Å². The molecule has 0 aliphatic carbocycles. The molecule has 0 fully saturated rings. The van der Waals surface area contributed by atoms with Crippen molar-refractivity contribution < 1.29 is 9.53 Å². The maximum Gasteiger partial charge on any atom is 0.228 e. The minimum absolute atomic E-state index is 0.0901. The maximum absolute atomic E-state index is 12.0. The van der Waals surface area contributed by atoms with Gasteiger partial charge in [0.2, 0.25) is 5.91 Å². The minimum atomic E-state index is -0.607. The fraction of sp³-hybridized carbons (Fsp3) is 0.500. The van der Waals surface area contributed by atoms with Gasteiger partial charge >= 0.3 is 0 Å². The van der Waals surface area contributed by atoms with Crippen LogP contribution in [0.5, 0.6) is 0 Å². The molecule has 0 saturated heterocycles. The molecule has 0 aliphatic heterocycles. The number of hydrogen-bond donors (Lipinski definition) is 1. The van der Waals surface area contributed by atoms with Crippen LogP contribution in [-0.4, -0.2) is 19.1 Å². The summed E-state index contributed by atoms with van der Waals surface area (Å²) < 4.78 is 5.61. The van der Waals surface area contributed by atoms with Gasteiger partial charge in [0.1, 0.15) is 0 Å². The molecule has 0 spiro atoms. The number of ether oxygens (including phenoxy) is 1. The lowest BCUT2D eigenvalue weighted by atomic mass is 9.93. The maximum atomic E-state index is 12.0. The molecule has 4 heteroatoms. The highest BCUT2D eigenvalue weighted by Gasteiger charge is 2.28. The fourth-order valence-corrected chi connectivity index (χ4v) is 1.59. The number of rotatable bonds is 7. The van der Waals surface area contributed by atoms with E-state index >= 15 is 0 Å². The van der Waals surface area contributed by atoms with E-state index in [1.807, 2.05) is 44.2 Å². The second-order valence-electron chi connectivity index (χ2n) is 5.60. The third-order valence-electron chi connectivity index (χ3n) is 2.98. The van der Waals surface area contributed by atoms with Crippen molar-refractivity contribution in [3.63, 3.8) is 0 Å². The third kappa shape index (κ3) is 5.41. The SMILES string of the molecule is C[C@@H](C#N)CNC(=O)C(C)(C)COCc1ccccc1. The Labute approximate surface area is 120 Å². The van der Waals surface area contributed by atoms with E-state index in [4.69, 9.17) is 10.00 Å². The molecule has 0 unspecified atom stereocenters. The molecular formula is C16H22N2O2. The summed E-state index contributed by atoms with van der Waals surface area (Å²) in [6.07, 6.45) is 0. The van der Waals surface area contributed by atoms with E-state index in [1.165, 1.54) is 0 Å². The van der Waals surface area contributed by atoms with Gasteiger partial charge in [0.05, 0.1) is 30.6 Å². The van der Waals surface area contributed by atoms with Crippen molar-refractivity contribution in [2.45, 2.75) is 27.4 Å². The molecule has 0 aromatic heterocycles. The zero-order valence-electron chi connectivity index (χ0n) is 12.3. The van der Waals surface area contributed by atoms with Crippen LogP contribution in [0.3, 0.4) is 0 Å². The van der Waals surface area contributed by atoms with E-state index < -0.39 is 5.41 Å². The Hall–Kier alpha value is -1.86. The van der Waals surface area contributed by atoms with E-state index in [2.05, 4.69) is 11.4 Å². The quantitative estimate of drug-likeness (QED) is 0.831. The highest BCUT2D eigenvalue weighted by atomic mass is 16.5. The van der Waals surface area contributed by atoms with Crippen LogP contribution >= 0.6 is 0 Å². The third-order valence-corrected chi connectivity index (χ3v) is 2.98. The molecule has 4 nitrogen and oxygen atoms in total. The van der Waals surface area contributed by atoms with Gasteiger partial charge in [-0.1, -0.05) is 30.3 Å². The minimum Gasteiger partial charge on any atom is -0.376 e. The van der Waals surface area contributed by atoms with Crippen molar-refractivity contribution >= 4 is 5.91 Å². The van der Waals surface area contributed by atoms with Crippen molar-refractivity contribution in [3.05, 3.63) is 35.9 Å². The van der Waals surface area contributed by atoms with Crippen molar-refractivity contribution in [2.24, 2.45) is 11.3 Å². The Morgan fingerprint density at radius 1 is 1.40 bits per heavy atom. The first-order chi connectivity index (χ1) is 9.45. The summed E-state index contributed by atoms with van der Waals surface area (Å²) in [6.45, 7) is 6.66. The number of benzene rings is 1. The van der Waals surface area contributed by atoms with Gasteiger partial charge in [-0.05, 0) is 26.3 Å². The summed E-state index contributed by atoms with van der Waals surface area (Å²) in [6, 6.07) is 11.9. The van der Waals surface area contributed by atoms with Crippen LogP contribution in [0.1, 0.15) is 26.3 Å². The first-order valence-corrected chi connectivity index (χ1v) is 6.75. The van der Waals surface area contributed by atoms with E-state index in [0.717, 1.165) is 5.56 Å². The molecule has 1 aromatic carbocycles. The molecule has 0 radical (unpaired) electrons. The number of carbonyl (C=O) groups excluding carboxylic acids is 1. The van der Waals surface area contributed by atoms with E-state index in [-0.39, 0.29) is 11.8 Å². The van der Waals surface area contributed by atoms with Gasteiger partial charge in [0.25, 0.3) is 0 Å². The molecule has 1 aromatic rings. The Balaban J connectivity index is 2.37. The molecule has 0 saturated carbocycles. The van der Waals surface area contributed by atoms with Crippen LogP contribution < -0.4 is 5.32 Å². The van der Waals surface area contributed by atoms with Crippen molar-refractivity contribution in [1.82, 2.24) is 5.32 Å². The van der Waals surface area contributed by atoms with E-state index in [1.54, 1.807) is 6.92 Å². The molecule has 0 heterocycles. The van der Waals surface area contributed by atoms with Crippen LogP contribution in [0.4, 0.5) is 0 Å². The van der Waals surface area contributed by atoms with Crippen LogP contribution in [0, 0.1) is 22.7 Å². The smallest absolute Gasteiger partial charge is 0.228 e. The summed E-state index contributed by atoms with van der Waals surface area (Å²) >= 11 is 0. The Morgan fingerprint density at radius 2 is 2.05 bits per heavy atom. The molecule has 1 amide bonds. The molecule has 0 aliphatic rings. The summed E-state index contributed by atoms with van der Waals surface area (Å²) in [5, 5.41) is 11.5. The zero-order chi connectivity index (χ0) is 15.0. The monoisotopic (exact) mass is 274 g/mol. The Morgan fingerprint density at radius 3 is 2.65 bits per heavy atom. The molecule has 108 valence electrons. The number of hydrogen-bond acceptors (Lipinski definition) is 3. The van der Waals surface area contributed by atoms with Crippen molar-refractivity contribution in [1.29, 1.82) is 5.26 Å². The van der Waals surface area contributed by atoms with Gasteiger partial charge in [0.15, 0.2) is 0 Å². The number of amides is 1. The highest BCUT2D eigenvalue weighted by Crippen LogP contribution is 2.17. The van der Waals surface area contributed by atoms with Crippen LogP contribution in [-0.2, 0) is 16.1 Å². The number of carbonyl (C=O) groups is 1. The van der Waals surface area contributed by atoms with Crippen molar-refractivity contribution in [3.8, 4) is 6.07 Å². The van der Waals surface area contributed by atoms with Gasteiger partial charge in [-0.15, -0.1) is 0 Å². The summed E-state index contributed by atoms with van der Waals surface area (Å²) in [7, 11) is 0. The van der Waals surface area contributed by atoms with Crippen LogP contribution in [0.2, 0.25) is 0 Å². The Bertz CT molecular complexity index is 463. The molecular weight excluding hydrogens is 252 g/mol. The lowest BCUT2D eigenvalue weighted by Crippen LogP contribution is -2.41. The number of nitrogens with zero attached hydrogens (tertiary/aromatic N) is 1. The van der Waals surface area contributed by atoms with Gasteiger partial charge < -0.3 is 10.1 Å². The second kappa shape index (κ2) is 7.66. The lowest BCUT2D eigenvalue weighted by molar-refractivity contribution is -0.133. The number of nitrogens with one attached hydrogen (secondary N) is 1. The highest BCUT2D eigenvalue weighted by molar-refractivity contribution is 5.81. The molecule has 20 heavy (non-hydrogen) atoms. The first kappa shape index (κ1) is 16.2. The zero-order valence-corrected chi connectivity index (χ0v) is 12.3. The van der Waals surface area contributed by atoms with E-state index in [9.17, 15) is 4.79 Å². The summed E-state index contributed by atoms with van der Waals surface area (Å²) in [4.78, 5) is 12.0. The lowest BCUT2D eigenvalue weighted by Gasteiger charge is -2.23. The first-order valence-electron chi connectivity index (χ1n) is 6.75. The summed E-state index contributed by atoms with van der Waals surface area (Å²) in [5.74, 6) is -0.271. The molecule has 1 atom stereocenters. The Kier molecular flexibility index (Phi) is 6.20. The predicted octanol–water partition coefficient (Wildman–Crippen LogP) is 2.51. The molecule has 0 bridgehead atoms. The van der Waals surface area contributed by atoms with E-state index in [0.29, 0.717) is 19.8 Å². The van der Waals surface area contributed by atoms with Crippen molar-refractivity contribution in [2.75, 3.05) is 13.2 Å². The average Bonchev–Trinajstić information content (AvgIpc) is 2.45. The van der Waals surface area contributed by atoms with Crippen LogP contribution in [0.25, 0.3) is 0 Å². The normalized spacial score (nSPS) is 12.5. The largest absolute Gasteiger partial charge is 0.376 e. The second-order valence-corrected chi connectivity index (χ2v) is 5.60.